The van der Waals surface area contributed by atoms with Crippen molar-refractivity contribution in [2.24, 2.45) is 0 Å². The van der Waals surface area contributed by atoms with E-state index >= 15 is 0 Å². The number of carbonyl (C=O) groups excluding carboxylic acids is 1. The number of aliphatic hydroxyl groups is 1. The topological polar surface area (TPSA) is 84.6 Å². The summed E-state index contributed by atoms with van der Waals surface area (Å²) in [6.07, 6.45) is 1.25. The number of nitrogens with two attached hydrogens (primary N) is 1. The third-order valence-corrected chi connectivity index (χ3v) is 2.75. The maximum atomic E-state index is 11.5. The molecule has 0 aliphatic heterocycles. The molecule has 0 fully saturated rings. The molecule has 1 aromatic carbocycles. The van der Waals surface area contributed by atoms with Crippen molar-refractivity contribution in [1.29, 1.82) is 0 Å². The lowest BCUT2D eigenvalue weighted by atomic mass is 10.2. The fraction of sp³-hybridized carbons (Fsp3) is 0.500. The first-order chi connectivity index (χ1) is 9.11. The Morgan fingerprint density at radius 1 is 1.42 bits per heavy atom. The van der Waals surface area contributed by atoms with Crippen LogP contribution < -0.4 is 15.8 Å². The number of hydrogen-bond acceptors (Lipinski definition) is 4. The highest BCUT2D eigenvalue weighted by Gasteiger charge is 2.04. The average molecular weight is 266 g/mol. The van der Waals surface area contributed by atoms with Gasteiger partial charge in [-0.25, -0.2) is 0 Å². The van der Waals surface area contributed by atoms with Crippen LogP contribution in [0.4, 0.5) is 5.69 Å². The van der Waals surface area contributed by atoms with Crippen LogP contribution in [0.15, 0.2) is 24.3 Å². The van der Waals surface area contributed by atoms with Crippen LogP contribution in [0.2, 0.25) is 0 Å². The zero-order valence-corrected chi connectivity index (χ0v) is 11.3. The molecule has 1 rings (SSSR count). The van der Waals surface area contributed by atoms with E-state index in [4.69, 9.17) is 10.5 Å². The Kier molecular flexibility index (Phi) is 6.74. The van der Waals surface area contributed by atoms with Gasteiger partial charge in [0.15, 0.2) is 0 Å². The highest BCUT2D eigenvalue weighted by Crippen LogP contribution is 2.12. The SMILES string of the molecule is CCC(O)CCNC(=O)CCOc1ccc(N)cc1. The van der Waals surface area contributed by atoms with Gasteiger partial charge in [0.2, 0.25) is 5.91 Å². The van der Waals surface area contributed by atoms with Gasteiger partial charge in [0, 0.05) is 12.2 Å². The van der Waals surface area contributed by atoms with E-state index in [2.05, 4.69) is 5.32 Å². The third-order valence-electron chi connectivity index (χ3n) is 2.75. The summed E-state index contributed by atoms with van der Waals surface area (Å²) in [6.45, 7) is 2.73. The lowest BCUT2D eigenvalue weighted by Gasteiger charge is -2.09. The van der Waals surface area contributed by atoms with Gasteiger partial charge in [0.1, 0.15) is 5.75 Å². The summed E-state index contributed by atoms with van der Waals surface area (Å²) in [5, 5.41) is 12.1. The maximum absolute atomic E-state index is 11.5. The molecule has 0 saturated carbocycles. The van der Waals surface area contributed by atoms with Gasteiger partial charge < -0.3 is 20.9 Å². The molecule has 19 heavy (non-hydrogen) atoms. The number of aliphatic hydroxyl groups excluding tert-OH is 1. The molecular formula is C14H22N2O3. The number of carbonyl (C=O) groups is 1. The Hall–Kier alpha value is -1.75. The van der Waals surface area contributed by atoms with Crippen molar-refractivity contribution in [3.05, 3.63) is 24.3 Å². The fourth-order valence-electron chi connectivity index (χ4n) is 1.50. The molecule has 0 aliphatic carbocycles. The van der Waals surface area contributed by atoms with E-state index in [1.807, 2.05) is 6.92 Å². The van der Waals surface area contributed by atoms with E-state index in [1.165, 1.54) is 0 Å². The molecule has 0 spiro atoms. The molecule has 5 nitrogen and oxygen atoms in total. The highest BCUT2D eigenvalue weighted by atomic mass is 16.5. The summed E-state index contributed by atoms with van der Waals surface area (Å²) in [6, 6.07) is 7.04. The summed E-state index contributed by atoms with van der Waals surface area (Å²) in [7, 11) is 0. The van der Waals surface area contributed by atoms with E-state index in [0.717, 1.165) is 0 Å². The Balaban J connectivity index is 2.11. The summed E-state index contributed by atoms with van der Waals surface area (Å²) in [4.78, 5) is 11.5. The molecule has 1 atom stereocenters. The van der Waals surface area contributed by atoms with Crippen LogP contribution in [0.3, 0.4) is 0 Å². The Morgan fingerprint density at radius 3 is 2.74 bits per heavy atom. The molecule has 4 N–H and O–H groups in total. The smallest absolute Gasteiger partial charge is 0.223 e. The molecule has 0 radical (unpaired) electrons. The molecule has 1 amide bonds. The van der Waals surface area contributed by atoms with Gasteiger partial charge in [-0.05, 0) is 37.1 Å². The molecule has 0 saturated heterocycles. The highest BCUT2D eigenvalue weighted by molar-refractivity contribution is 5.75. The fourth-order valence-corrected chi connectivity index (χ4v) is 1.50. The van der Waals surface area contributed by atoms with Crippen molar-refractivity contribution in [2.75, 3.05) is 18.9 Å². The predicted octanol–water partition coefficient (Wildman–Crippen LogP) is 1.31. The molecule has 0 heterocycles. The van der Waals surface area contributed by atoms with Crippen molar-refractivity contribution in [3.63, 3.8) is 0 Å². The first-order valence-corrected chi connectivity index (χ1v) is 6.55. The number of benzene rings is 1. The van der Waals surface area contributed by atoms with Gasteiger partial charge >= 0.3 is 0 Å². The minimum atomic E-state index is -0.341. The number of hydrogen-bond donors (Lipinski definition) is 3. The van der Waals surface area contributed by atoms with Gasteiger partial charge in [0.25, 0.3) is 0 Å². The van der Waals surface area contributed by atoms with E-state index in [9.17, 15) is 9.90 Å². The van der Waals surface area contributed by atoms with Crippen molar-refractivity contribution in [3.8, 4) is 5.75 Å². The molecule has 0 aromatic heterocycles. The second kappa shape index (κ2) is 8.37. The van der Waals surface area contributed by atoms with Crippen molar-refractivity contribution in [2.45, 2.75) is 32.3 Å². The normalized spacial score (nSPS) is 11.9. The van der Waals surface area contributed by atoms with Gasteiger partial charge in [-0.15, -0.1) is 0 Å². The van der Waals surface area contributed by atoms with Gasteiger partial charge in [0.05, 0.1) is 19.1 Å². The molecule has 0 bridgehead atoms. The summed E-state index contributed by atoms with van der Waals surface area (Å²) in [5.41, 5.74) is 6.23. The lowest BCUT2D eigenvalue weighted by Crippen LogP contribution is -2.28. The molecular weight excluding hydrogens is 244 g/mol. The molecule has 106 valence electrons. The lowest BCUT2D eigenvalue weighted by molar-refractivity contribution is -0.121. The first kappa shape index (κ1) is 15.3. The monoisotopic (exact) mass is 266 g/mol. The second-order valence-corrected chi connectivity index (χ2v) is 4.37. The van der Waals surface area contributed by atoms with Gasteiger partial charge in [-0.3, -0.25) is 4.79 Å². The van der Waals surface area contributed by atoms with E-state index in [1.54, 1.807) is 24.3 Å². The molecule has 5 heteroatoms. The predicted molar refractivity (Wildman–Crippen MR) is 74.9 cm³/mol. The zero-order valence-electron chi connectivity index (χ0n) is 11.3. The number of amides is 1. The number of anilines is 1. The number of rotatable bonds is 8. The Labute approximate surface area is 113 Å². The minimum Gasteiger partial charge on any atom is -0.493 e. The summed E-state index contributed by atoms with van der Waals surface area (Å²) >= 11 is 0. The van der Waals surface area contributed by atoms with Gasteiger partial charge in [-0.1, -0.05) is 6.92 Å². The van der Waals surface area contributed by atoms with E-state index < -0.39 is 0 Å². The van der Waals surface area contributed by atoms with Crippen LogP contribution in [0.25, 0.3) is 0 Å². The van der Waals surface area contributed by atoms with Crippen molar-refractivity contribution < 1.29 is 14.6 Å². The van der Waals surface area contributed by atoms with Crippen LogP contribution in [-0.2, 0) is 4.79 Å². The van der Waals surface area contributed by atoms with Crippen molar-refractivity contribution in [1.82, 2.24) is 5.32 Å². The van der Waals surface area contributed by atoms with Crippen molar-refractivity contribution >= 4 is 11.6 Å². The van der Waals surface area contributed by atoms with Crippen LogP contribution >= 0.6 is 0 Å². The van der Waals surface area contributed by atoms with Crippen LogP contribution in [0.5, 0.6) is 5.75 Å². The van der Waals surface area contributed by atoms with Crippen LogP contribution in [0, 0.1) is 0 Å². The quantitative estimate of drug-likeness (QED) is 0.619. The third kappa shape index (κ3) is 6.67. The number of nitrogen functional groups attached to an aromatic ring is 1. The summed E-state index contributed by atoms with van der Waals surface area (Å²) < 4.78 is 5.41. The van der Waals surface area contributed by atoms with E-state index in [-0.39, 0.29) is 12.0 Å². The standard InChI is InChI=1S/C14H22N2O3/c1-2-12(17)7-9-16-14(18)8-10-19-13-5-3-11(15)4-6-13/h3-6,12,17H,2,7-10,15H2,1H3,(H,16,18). The zero-order chi connectivity index (χ0) is 14.1. The average Bonchev–Trinajstić information content (AvgIpc) is 2.41. The van der Waals surface area contributed by atoms with Gasteiger partial charge in [-0.2, -0.15) is 0 Å². The molecule has 1 unspecified atom stereocenters. The Morgan fingerprint density at radius 2 is 2.11 bits per heavy atom. The number of ether oxygens (including phenoxy) is 1. The second-order valence-electron chi connectivity index (χ2n) is 4.37. The summed E-state index contributed by atoms with van der Waals surface area (Å²) in [5.74, 6) is 0.627. The molecule has 0 aliphatic rings. The Bertz CT molecular complexity index is 379. The van der Waals surface area contributed by atoms with E-state index in [0.29, 0.717) is 43.9 Å². The molecule has 1 aromatic rings. The number of nitrogens with one attached hydrogen (secondary N) is 1. The van der Waals surface area contributed by atoms with Crippen LogP contribution in [0.1, 0.15) is 26.2 Å². The first-order valence-electron chi connectivity index (χ1n) is 6.55. The van der Waals surface area contributed by atoms with Crippen LogP contribution in [-0.4, -0.2) is 30.3 Å². The largest absolute Gasteiger partial charge is 0.493 e. The minimum absolute atomic E-state index is 0.0706. The maximum Gasteiger partial charge on any atom is 0.223 e.